The Morgan fingerprint density at radius 3 is 2.85 bits per heavy atom. The molecule has 0 radical (unpaired) electrons. The summed E-state index contributed by atoms with van der Waals surface area (Å²) < 4.78 is 14.2. The van der Waals surface area contributed by atoms with Gasteiger partial charge in [-0.3, -0.25) is 0 Å². The normalized spacial score (nSPS) is 18.4. The van der Waals surface area contributed by atoms with Crippen LogP contribution >= 0.6 is 0 Å². The van der Waals surface area contributed by atoms with E-state index in [1.807, 2.05) is 0 Å². The third-order valence-electron chi connectivity index (χ3n) is 3.76. The molecule has 0 saturated carbocycles. The van der Waals surface area contributed by atoms with Gasteiger partial charge in [0.25, 0.3) is 0 Å². The molecule has 5 nitrogen and oxygen atoms in total. The molecule has 1 fully saturated rings. The minimum Gasteiger partial charge on any atom is -0.409 e. The van der Waals surface area contributed by atoms with Gasteiger partial charge in [0.1, 0.15) is 5.82 Å². The summed E-state index contributed by atoms with van der Waals surface area (Å²) in [6.07, 6.45) is 2.14. The molecule has 1 aromatic rings. The molecule has 0 aliphatic carbocycles. The molecule has 1 heterocycles. The zero-order valence-corrected chi connectivity index (χ0v) is 11.6. The van der Waals surface area contributed by atoms with E-state index >= 15 is 0 Å². The number of piperidine rings is 1. The highest BCUT2D eigenvalue weighted by molar-refractivity contribution is 5.97. The largest absolute Gasteiger partial charge is 0.409 e. The van der Waals surface area contributed by atoms with Crippen LogP contribution in [0.5, 0.6) is 0 Å². The summed E-state index contributed by atoms with van der Waals surface area (Å²) in [6, 6.07) is 5.34. The Morgan fingerprint density at radius 1 is 1.50 bits per heavy atom. The Hall–Kier alpha value is -1.66. The highest BCUT2D eigenvalue weighted by atomic mass is 19.1. The van der Waals surface area contributed by atoms with E-state index < -0.39 is 5.82 Å². The molecule has 1 aliphatic heterocycles. The molecule has 110 valence electrons. The topological polar surface area (TPSA) is 73.9 Å². The zero-order chi connectivity index (χ0) is 14.5. The quantitative estimate of drug-likeness (QED) is 0.334. The summed E-state index contributed by atoms with van der Waals surface area (Å²) in [4.78, 5) is 2.29. The van der Waals surface area contributed by atoms with Crippen molar-refractivity contribution in [3.63, 3.8) is 0 Å². The van der Waals surface area contributed by atoms with Gasteiger partial charge in [0, 0.05) is 18.2 Å². The van der Waals surface area contributed by atoms with Crippen molar-refractivity contribution in [3.05, 3.63) is 35.1 Å². The highest BCUT2D eigenvalue weighted by Gasteiger charge is 2.17. The summed E-state index contributed by atoms with van der Waals surface area (Å²) in [7, 11) is 2.11. The number of likely N-dealkylation sites (tertiary alicyclic amines) is 1. The Kier molecular flexibility index (Phi) is 4.92. The van der Waals surface area contributed by atoms with Crippen molar-refractivity contribution in [2.75, 3.05) is 20.1 Å². The first-order valence-corrected chi connectivity index (χ1v) is 6.79. The molecule has 0 atom stereocenters. The molecule has 20 heavy (non-hydrogen) atoms. The third-order valence-corrected chi connectivity index (χ3v) is 3.76. The first-order valence-electron chi connectivity index (χ1n) is 6.79. The van der Waals surface area contributed by atoms with Crippen molar-refractivity contribution in [2.24, 2.45) is 10.9 Å². The minimum atomic E-state index is -0.428. The fourth-order valence-electron chi connectivity index (χ4n) is 2.44. The maximum atomic E-state index is 14.2. The van der Waals surface area contributed by atoms with Crippen LogP contribution in [0.1, 0.15) is 24.0 Å². The van der Waals surface area contributed by atoms with Gasteiger partial charge in [0.05, 0.1) is 5.56 Å². The lowest BCUT2D eigenvalue weighted by Crippen LogP contribution is -2.40. The van der Waals surface area contributed by atoms with Gasteiger partial charge in [-0.25, -0.2) is 4.39 Å². The zero-order valence-electron chi connectivity index (χ0n) is 11.6. The van der Waals surface area contributed by atoms with Gasteiger partial charge < -0.3 is 21.2 Å². The minimum absolute atomic E-state index is 0.134. The molecule has 0 bridgehead atoms. The molecule has 1 aromatic carbocycles. The van der Waals surface area contributed by atoms with Crippen molar-refractivity contribution in [2.45, 2.75) is 25.4 Å². The Morgan fingerprint density at radius 2 is 2.20 bits per heavy atom. The van der Waals surface area contributed by atoms with E-state index in [0.29, 0.717) is 18.2 Å². The predicted molar refractivity (Wildman–Crippen MR) is 76.3 cm³/mol. The number of hydrogen-bond donors (Lipinski definition) is 3. The number of nitrogens with zero attached hydrogens (tertiary/aromatic N) is 2. The van der Waals surface area contributed by atoms with Crippen LogP contribution in [0.25, 0.3) is 0 Å². The fraction of sp³-hybridized carbons (Fsp3) is 0.500. The monoisotopic (exact) mass is 280 g/mol. The van der Waals surface area contributed by atoms with Crippen molar-refractivity contribution < 1.29 is 9.60 Å². The number of rotatable bonds is 4. The average molecular weight is 280 g/mol. The van der Waals surface area contributed by atoms with Crippen LogP contribution in [-0.4, -0.2) is 42.1 Å². The van der Waals surface area contributed by atoms with Crippen molar-refractivity contribution in [1.29, 1.82) is 0 Å². The second-order valence-corrected chi connectivity index (χ2v) is 5.22. The molecular formula is C14H21FN4O. The highest BCUT2D eigenvalue weighted by Crippen LogP contribution is 2.14. The van der Waals surface area contributed by atoms with Crippen LogP contribution in [-0.2, 0) is 6.54 Å². The van der Waals surface area contributed by atoms with Gasteiger partial charge in [-0.15, -0.1) is 0 Å². The van der Waals surface area contributed by atoms with E-state index in [1.165, 1.54) is 6.07 Å². The number of hydrogen-bond acceptors (Lipinski definition) is 4. The van der Waals surface area contributed by atoms with Crippen molar-refractivity contribution in [3.8, 4) is 0 Å². The van der Waals surface area contributed by atoms with Crippen LogP contribution < -0.4 is 11.1 Å². The van der Waals surface area contributed by atoms with Crippen LogP contribution in [0.3, 0.4) is 0 Å². The van der Waals surface area contributed by atoms with Gasteiger partial charge in [0.15, 0.2) is 5.84 Å². The van der Waals surface area contributed by atoms with Crippen molar-refractivity contribution >= 4 is 5.84 Å². The third kappa shape index (κ3) is 3.46. The molecule has 1 saturated heterocycles. The summed E-state index contributed by atoms with van der Waals surface area (Å²) in [5, 5.41) is 14.9. The van der Waals surface area contributed by atoms with Crippen LogP contribution in [0, 0.1) is 5.82 Å². The summed E-state index contributed by atoms with van der Waals surface area (Å²) in [6.45, 7) is 2.57. The Labute approximate surface area is 118 Å². The van der Waals surface area contributed by atoms with E-state index in [-0.39, 0.29) is 11.4 Å². The van der Waals surface area contributed by atoms with Crippen LogP contribution in [0.15, 0.2) is 23.4 Å². The lowest BCUT2D eigenvalue weighted by Gasteiger charge is -2.29. The number of halogens is 1. The average Bonchev–Trinajstić information content (AvgIpc) is 2.47. The van der Waals surface area contributed by atoms with Gasteiger partial charge in [-0.2, -0.15) is 0 Å². The van der Waals surface area contributed by atoms with Crippen LogP contribution in [0.4, 0.5) is 4.39 Å². The molecule has 4 N–H and O–H groups in total. The fourth-order valence-corrected chi connectivity index (χ4v) is 2.44. The number of nitrogens with one attached hydrogen (secondary N) is 1. The lowest BCUT2D eigenvalue weighted by atomic mass is 10.0. The number of oxime groups is 1. The molecule has 0 aromatic heterocycles. The first kappa shape index (κ1) is 14.7. The SMILES string of the molecule is CN1CCC(NCc2cccc(/C(N)=N/O)c2F)CC1. The van der Waals surface area contributed by atoms with Gasteiger partial charge >= 0.3 is 0 Å². The Balaban J connectivity index is 1.99. The first-order chi connectivity index (χ1) is 9.61. The molecule has 6 heteroatoms. The van der Waals surface area contributed by atoms with E-state index in [9.17, 15) is 4.39 Å². The van der Waals surface area contributed by atoms with Gasteiger partial charge in [-0.05, 0) is 39.0 Å². The summed E-state index contributed by atoms with van der Waals surface area (Å²) in [5.41, 5.74) is 6.12. The number of amidine groups is 1. The van der Waals surface area contributed by atoms with Crippen molar-refractivity contribution in [1.82, 2.24) is 10.2 Å². The van der Waals surface area contributed by atoms with E-state index in [0.717, 1.165) is 25.9 Å². The van der Waals surface area contributed by atoms with E-state index in [2.05, 4.69) is 22.4 Å². The van der Waals surface area contributed by atoms with E-state index in [1.54, 1.807) is 12.1 Å². The van der Waals surface area contributed by atoms with Crippen LogP contribution in [0.2, 0.25) is 0 Å². The molecule has 0 unspecified atom stereocenters. The molecule has 1 aliphatic rings. The number of nitrogens with two attached hydrogens (primary N) is 1. The maximum Gasteiger partial charge on any atom is 0.173 e. The summed E-state index contributed by atoms with van der Waals surface area (Å²) >= 11 is 0. The Bertz CT molecular complexity index is 484. The predicted octanol–water partition coefficient (Wildman–Crippen LogP) is 1.10. The second-order valence-electron chi connectivity index (χ2n) is 5.22. The molecule has 0 amide bonds. The lowest BCUT2D eigenvalue weighted by molar-refractivity contribution is 0.233. The molecular weight excluding hydrogens is 259 g/mol. The maximum absolute atomic E-state index is 14.2. The van der Waals surface area contributed by atoms with Gasteiger partial charge in [0.2, 0.25) is 0 Å². The molecule has 0 spiro atoms. The van der Waals surface area contributed by atoms with E-state index in [4.69, 9.17) is 10.9 Å². The second kappa shape index (κ2) is 6.67. The standard InChI is InChI=1S/C14H21FN4O/c1-19-7-5-11(6-8-19)17-9-10-3-2-4-12(13(10)15)14(16)18-20/h2-4,11,17,20H,5-9H2,1H3,(H2,16,18). The smallest absolute Gasteiger partial charge is 0.173 e. The van der Waals surface area contributed by atoms with Gasteiger partial charge in [-0.1, -0.05) is 17.3 Å². The molecule has 2 rings (SSSR count). The number of benzene rings is 1. The summed E-state index contributed by atoms with van der Waals surface area (Å²) in [5.74, 6) is -0.633.